The fourth-order valence-corrected chi connectivity index (χ4v) is 17.5. The van der Waals surface area contributed by atoms with Crippen LogP contribution in [0, 0.1) is 5.92 Å². The Kier molecular flexibility index (Phi) is 47.2. The first-order valence-electron chi connectivity index (χ1n) is 47.6. The van der Waals surface area contributed by atoms with Crippen LogP contribution in [0.4, 0.5) is 37.1 Å². The minimum Gasteiger partial charge on any atom is -0.445 e. The van der Waals surface area contributed by atoms with Crippen molar-refractivity contribution in [1.82, 2.24) is 21.3 Å². The molecule has 4 aromatic rings. The third-order valence-corrected chi connectivity index (χ3v) is 26.0. The third kappa shape index (κ3) is 33.2. The number of hydrogen-bond donors (Lipinski definition) is 32. The molecule has 6 aliphatic heterocycles. The van der Waals surface area contributed by atoms with E-state index in [0.29, 0.717) is 11.1 Å². The van der Waals surface area contributed by atoms with Crippen LogP contribution < -0.4 is 61.4 Å². The molecule has 55 nitrogen and oxygen atoms in total. The molecule has 6 heterocycles. The van der Waals surface area contributed by atoms with Crippen LogP contribution in [0.5, 0.6) is 0 Å². The number of carbonyl (C=O) groups is 5. The maximum atomic E-state index is 13.0. The van der Waals surface area contributed by atoms with E-state index in [1.165, 1.54) is 13.8 Å². The summed E-state index contributed by atoms with van der Waals surface area (Å²) in [6.45, 7) is -0.327. The van der Waals surface area contributed by atoms with Crippen molar-refractivity contribution in [2.45, 2.75) is 335 Å². The highest BCUT2D eigenvalue weighted by Gasteiger charge is 2.58. The number of benzene rings is 4. The van der Waals surface area contributed by atoms with Crippen LogP contribution >= 0.6 is 0 Å². The van der Waals surface area contributed by atoms with E-state index >= 15 is 0 Å². The molecule has 13 rings (SSSR count). The van der Waals surface area contributed by atoms with Crippen LogP contribution in [0.25, 0.3) is 0 Å². The van der Waals surface area contributed by atoms with E-state index in [-0.39, 0.29) is 65.4 Å². The molecule has 0 bridgehead atoms. The Morgan fingerprint density at radius 3 is 0.906 bits per heavy atom. The van der Waals surface area contributed by atoms with E-state index in [1.807, 2.05) is 6.07 Å². The first-order valence-corrected chi connectivity index (χ1v) is 47.6. The summed E-state index contributed by atoms with van der Waals surface area (Å²) in [4.78, 5) is 60.6. The summed E-state index contributed by atoms with van der Waals surface area (Å²) in [6, 6.07) is 26.9. The molecule has 842 valence electrons. The highest BCUT2D eigenvalue weighted by Crippen LogP contribution is 2.39. The van der Waals surface area contributed by atoms with E-state index in [0.717, 1.165) is 11.1 Å². The number of nitrogens with two attached hydrogens (primary N) is 7. The molecule has 18 unspecified atom stereocenters. The number of alkyl halides is 3. The fraction of sp³-hybridized carbons (Fsp3) is 0.681. The molecule has 9 fully saturated rings. The van der Waals surface area contributed by atoms with Crippen LogP contribution in [-0.2, 0) is 112 Å². The van der Waals surface area contributed by atoms with Gasteiger partial charge < -0.3 is 254 Å². The maximum absolute atomic E-state index is 13.0. The Balaban J connectivity index is 0.000000223. The number of halogens is 3. The van der Waals surface area contributed by atoms with Crippen molar-refractivity contribution in [1.29, 1.82) is 0 Å². The van der Waals surface area contributed by atoms with Gasteiger partial charge in [0.25, 0.3) is 0 Å². The van der Waals surface area contributed by atoms with Crippen LogP contribution in [0.3, 0.4) is 0 Å². The SMILES string of the molecule is CCOC(=O)OC(F)(F)F.C[C@@H]1C(O)[C@@H](CO)OC(OC2[C@H](N)CC(NC(=O)OCc3ccccc3)[C@@H](O[C@H]3OC(CNC(=O)OCc4ccccc4)[C@@H](O)[C@H](O)C3O)[C@@H]2O)[C@@H]1O.NCC1O[C@H](O[C@@H]2C(N)C[C@@H](N)C(OC3O[C@H](CO)C(O)[C@@H](N)[C@H]3O)[C@H]2O)C(O)[C@@H](O)[C@@H]1O.N[C@@H]1CC(NC(=O)OCc2ccccc2)[C@@H](O[C@H]2OC(CNC(=O)OCc3ccccc3)[C@@H](O)[C@H](O)C2O)[C@H](O)C1OC1O[C@H](CO)C(O)[C@@H](N)[C@H]1O. The lowest BCUT2D eigenvalue weighted by atomic mass is 9.83. The van der Waals surface area contributed by atoms with E-state index in [4.69, 9.17) is 116 Å². The Morgan fingerprint density at radius 2 is 0.597 bits per heavy atom. The molecular formula is C91H138F3N11O44. The molecule has 45 atom stereocenters. The highest BCUT2D eigenvalue weighted by atomic mass is 19.4. The molecule has 9 aliphatic rings. The Morgan fingerprint density at radius 1 is 0.329 bits per heavy atom. The molecule has 39 N–H and O–H groups in total. The number of aliphatic hydroxyl groups is 21. The second-order valence-corrected chi connectivity index (χ2v) is 36.6. The van der Waals surface area contributed by atoms with Gasteiger partial charge in [0, 0.05) is 49.7 Å². The normalized spacial score (nSPS) is 39.2. The lowest BCUT2D eigenvalue weighted by molar-refractivity contribution is -0.336. The number of alkyl carbamates (subject to hydrolysis) is 4. The number of amides is 4. The Hall–Kier alpha value is -8.58. The van der Waals surface area contributed by atoms with Gasteiger partial charge in [-0.3, -0.25) is 0 Å². The van der Waals surface area contributed by atoms with Crippen LogP contribution in [0.2, 0.25) is 0 Å². The third-order valence-electron chi connectivity index (χ3n) is 26.0. The number of ether oxygens (including phenoxy) is 18. The average molecular weight is 2150 g/mol. The zero-order chi connectivity index (χ0) is 109. The smallest absolute Gasteiger partial charge is 0.445 e. The fourth-order valence-electron chi connectivity index (χ4n) is 17.5. The van der Waals surface area contributed by atoms with Gasteiger partial charge in [-0.2, -0.15) is 0 Å². The van der Waals surface area contributed by atoms with Crippen LogP contribution in [-0.4, -0.2) is 459 Å². The lowest BCUT2D eigenvalue weighted by Crippen LogP contribution is -2.69. The van der Waals surface area contributed by atoms with Gasteiger partial charge in [0.2, 0.25) is 0 Å². The van der Waals surface area contributed by atoms with Crippen molar-refractivity contribution in [3.8, 4) is 0 Å². The van der Waals surface area contributed by atoms with Crippen molar-refractivity contribution < 1.29 is 230 Å². The number of nitrogens with one attached hydrogen (secondary N) is 4. The van der Waals surface area contributed by atoms with Crippen molar-refractivity contribution in [2.75, 3.05) is 46.1 Å². The van der Waals surface area contributed by atoms with Crippen LogP contribution in [0.15, 0.2) is 121 Å². The number of aliphatic hydroxyl groups excluding tert-OH is 21. The summed E-state index contributed by atoms with van der Waals surface area (Å²) < 4.78 is 130. The molecule has 0 spiro atoms. The summed E-state index contributed by atoms with van der Waals surface area (Å²) in [5.74, 6) is -0.802. The molecule has 58 heteroatoms. The summed E-state index contributed by atoms with van der Waals surface area (Å²) in [5, 5.41) is 230. The summed E-state index contributed by atoms with van der Waals surface area (Å²) in [7, 11) is 0. The number of hydrogen-bond acceptors (Lipinski definition) is 51. The zero-order valence-corrected chi connectivity index (χ0v) is 80.4. The lowest BCUT2D eigenvalue weighted by Gasteiger charge is -2.48. The largest absolute Gasteiger partial charge is 0.577 e. The quantitative estimate of drug-likeness (QED) is 0.0164. The molecule has 0 aromatic heterocycles. The zero-order valence-electron chi connectivity index (χ0n) is 80.4. The monoisotopic (exact) mass is 2150 g/mol. The second-order valence-electron chi connectivity index (χ2n) is 36.6. The number of carbonyl (C=O) groups excluding carboxylic acids is 5. The Labute approximate surface area is 849 Å². The van der Waals surface area contributed by atoms with Crippen molar-refractivity contribution in [2.24, 2.45) is 46.1 Å². The van der Waals surface area contributed by atoms with Gasteiger partial charge in [-0.25, -0.2) is 24.0 Å². The van der Waals surface area contributed by atoms with Gasteiger partial charge in [0.05, 0.1) is 56.7 Å². The van der Waals surface area contributed by atoms with Crippen LogP contribution in [0.1, 0.15) is 55.4 Å². The molecule has 3 aliphatic carbocycles. The summed E-state index contributed by atoms with van der Waals surface area (Å²) in [6.07, 6.45) is -64.4. The second kappa shape index (κ2) is 57.6. The van der Waals surface area contributed by atoms with Gasteiger partial charge in [0.1, 0.15) is 203 Å². The first kappa shape index (κ1) is 122. The summed E-state index contributed by atoms with van der Waals surface area (Å²) >= 11 is 0. The molecule has 4 amide bonds. The maximum Gasteiger partial charge on any atom is 0.577 e. The first-order chi connectivity index (χ1) is 70.7. The van der Waals surface area contributed by atoms with Gasteiger partial charge in [-0.15, -0.1) is 13.2 Å². The molecule has 149 heavy (non-hydrogen) atoms. The average Bonchev–Trinajstić information content (AvgIpc) is 0.781. The van der Waals surface area contributed by atoms with Crippen molar-refractivity contribution in [3.05, 3.63) is 144 Å². The van der Waals surface area contributed by atoms with E-state index in [1.54, 1.807) is 115 Å². The van der Waals surface area contributed by atoms with E-state index < -0.39 is 338 Å². The standard InChI is InChI=1S/C35H49N3O15.C34H48N4O15.C18H36N4O11.C4H5F3O3/c1-17-24(40)23(14-39)51-32(25(17)41)52-30-20(36)12-21(38-35(47)49-16-19-10-6-3-7-11-19)31(29(30)45)53-33-28(44)27(43)26(42)22(50-33)13-37-34(46)48-15-18-8-4-2-5-9-18;35-18-11-19(38-34(47)49-15-17-9-5-2-6-10-17)30(28(45)29(18)52-31-25(42)22(36)23(40)21(13-39)51-31)53-32-27(44)26(43)24(41)20(50-32)12-37-33(46)48-14-16-7-3-1-4-8-16;19-2-6-10(25)12(27)13(28)18(30-6)33-16-5(21)1-4(20)15(14(16)29)32-17-11(26)8(22)9(24)7(3-23)31-17;1-2-9-3(8)10-4(5,6)7/h2-11,17,20-33,39-45H,12-16,36H2,1H3,(H,37,46)(H,38,47);1-10,18-32,39-45H,11-15,35-36H2,(H,37,46)(H,38,47);4-18,23-29H,1-3,19-22H2;2H2,1H3/t17-,20-,21?,22?,23-,24?,25-,26-,27+,28?,29-,30?,31-,32?,33-;18-,19?,20?,21-,22-,23?,24-,25-,26+,27?,28-,29?,30-,31?,32-;4-,5?,6?,7-,8-,9?,10-,11-,12+,13?,14-,15?,16-,17?,18-;/m111./s1. The summed E-state index contributed by atoms with van der Waals surface area (Å²) in [5.41, 5.74) is 45.1. The number of rotatable bonds is 31. The topological polar surface area (TPSA) is 907 Å². The predicted molar refractivity (Wildman–Crippen MR) is 491 cm³/mol. The van der Waals surface area contributed by atoms with Gasteiger partial charge in [0.15, 0.2) is 37.7 Å². The van der Waals surface area contributed by atoms with E-state index in [9.17, 15) is 144 Å². The Bertz CT molecular complexity index is 4370. The minimum atomic E-state index is -4.95. The van der Waals surface area contributed by atoms with Crippen molar-refractivity contribution >= 4 is 30.5 Å². The highest BCUT2D eigenvalue weighted by molar-refractivity contribution is 5.69. The molecule has 0 radical (unpaired) electrons. The molecular weight excluding hydrogens is 2010 g/mol. The van der Waals surface area contributed by atoms with Crippen molar-refractivity contribution in [3.63, 3.8) is 0 Å². The molecule has 3 saturated carbocycles. The molecule has 4 aromatic carbocycles. The predicted octanol–water partition coefficient (Wildman–Crippen LogP) is -11.0. The van der Waals surface area contributed by atoms with Gasteiger partial charge >= 0.3 is 36.9 Å². The molecule has 6 saturated heterocycles. The van der Waals surface area contributed by atoms with Gasteiger partial charge in [-0.05, 0) is 48.4 Å². The van der Waals surface area contributed by atoms with Gasteiger partial charge in [-0.1, -0.05) is 128 Å². The van der Waals surface area contributed by atoms with E-state index in [2.05, 4.69) is 30.7 Å². The minimum absolute atomic E-state index is 0.0377.